The molecule has 2 N–H and O–H groups in total. The molecular formula is C19H20ClN3O2S. The molecule has 0 saturated carbocycles. The minimum atomic E-state index is -0.373. The number of rotatable bonds is 6. The van der Waals surface area contributed by atoms with Crippen molar-refractivity contribution in [1.82, 2.24) is 15.2 Å². The highest BCUT2D eigenvalue weighted by Crippen LogP contribution is 2.23. The number of hydrogen-bond acceptors (Lipinski definition) is 4. The fraction of sp³-hybridized carbons (Fsp3) is 0.263. The molecule has 2 heterocycles. The summed E-state index contributed by atoms with van der Waals surface area (Å²) >= 11 is 7.43. The second kappa shape index (κ2) is 8.03. The van der Waals surface area contributed by atoms with Crippen LogP contribution in [-0.2, 0) is 20.1 Å². The number of nitrogens with one attached hydrogen (secondary N) is 2. The second-order valence-electron chi connectivity index (χ2n) is 6.00. The molecule has 3 aromatic rings. The van der Waals surface area contributed by atoms with Gasteiger partial charge in [-0.25, -0.2) is 0 Å². The Morgan fingerprint density at radius 2 is 1.96 bits per heavy atom. The zero-order valence-electron chi connectivity index (χ0n) is 14.6. The molecule has 0 bridgehead atoms. The Morgan fingerprint density at radius 1 is 1.23 bits per heavy atom. The average Bonchev–Trinajstić information content (AvgIpc) is 3.07. The number of carbonyl (C=O) groups is 1. The fourth-order valence-corrected chi connectivity index (χ4v) is 3.87. The van der Waals surface area contributed by atoms with Crippen LogP contribution in [0.2, 0.25) is 5.02 Å². The number of amides is 1. The highest BCUT2D eigenvalue weighted by atomic mass is 35.5. The molecule has 2 aromatic heterocycles. The van der Waals surface area contributed by atoms with E-state index in [1.54, 1.807) is 29.7 Å². The van der Waals surface area contributed by atoms with Gasteiger partial charge in [-0.1, -0.05) is 30.7 Å². The van der Waals surface area contributed by atoms with Crippen molar-refractivity contribution >= 4 is 39.1 Å². The zero-order valence-corrected chi connectivity index (χ0v) is 16.2. The lowest BCUT2D eigenvalue weighted by molar-refractivity contribution is 0.0949. The molecule has 7 heteroatoms. The van der Waals surface area contributed by atoms with Gasteiger partial charge in [0.15, 0.2) is 0 Å². The van der Waals surface area contributed by atoms with E-state index in [2.05, 4.69) is 10.6 Å². The summed E-state index contributed by atoms with van der Waals surface area (Å²) in [5.41, 5.74) is 0.844. The molecule has 0 unspecified atom stereocenters. The van der Waals surface area contributed by atoms with Crippen LogP contribution in [0.5, 0.6) is 0 Å². The summed E-state index contributed by atoms with van der Waals surface area (Å²) in [5.74, 6) is -0.373. The first-order chi connectivity index (χ1) is 12.5. The van der Waals surface area contributed by atoms with Crippen LogP contribution >= 0.6 is 22.9 Å². The molecule has 1 amide bonds. The third kappa shape index (κ3) is 3.98. The number of benzene rings is 1. The van der Waals surface area contributed by atoms with Gasteiger partial charge in [0.2, 0.25) is 5.43 Å². The Morgan fingerprint density at radius 3 is 2.65 bits per heavy atom. The molecule has 0 aliphatic carbocycles. The number of thiophene rings is 1. The van der Waals surface area contributed by atoms with Gasteiger partial charge in [0.25, 0.3) is 5.91 Å². The van der Waals surface area contributed by atoms with Crippen molar-refractivity contribution in [3.63, 3.8) is 0 Å². The lowest BCUT2D eigenvalue weighted by Crippen LogP contribution is -2.29. The van der Waals surface area contributed by atoms with E-state index in [0.29, 0.717) is 23.5 Å². The molecule has 26 heavy (non-hydrogen) atoms. The van der Waals surface area contributed by atoms with Crippen LogP contribution in [0.15, 0.2) is 41.3 Å². The Hall–Kier alpha value is -2.15. The van der Waals surface area contributed by atoms with Crippen molar-refractivity contribution < 1.29 is 4.79 Å². The maximum absolute atomic E-state index is 12.8. The van der Waals surface area contributed by atoms with E-state index in [1.165, 1.54) is 0 Å². The molecule has 0 aliphatic heterocycles. The number of fused-ring (bicyclic) bond motifs is 1. The van der Waals surface area contributed by atoms with Gasteiger partial charge in [-0.05, 0) is 30.3 Å². The lowest BCUT2D eigenvalue weighted by atomic mass is 10.2. The van der Waals surface area contributed by atoms with Crippen LogP contribution in [0.3, 0.4) is 0 Å². The number of nitrogens with zero attached hydrogens (tertiary/aromatic N) is 1. The molecule has 0 saturated heterocycles. The third-order valence-electron chi connectivity index (χ3n) is 4.06. The third-order valence-corrected chi connectivity index (χ3v) is 5.53. The predicted octanol–water partition coefficient (Wildman–Crippen LogP) is 3.29. The molecule has 0 aliphatic rings. The molecule has 136 valence electrons. The van der Waals surface area contributed by atoms with Crippen molar-refractivity contribution in [3.8, 4) is 0 Å². The zero-order chi connectivity index (χ0) is 18.7. The summed E-state index contributed by atoms with van der Waals surface area (Å²) in [6, 6.07) is 9.10. The van der Waals surface area contributed by atoms with Crippen LogP contribution in [0.1, 0.15) is 27.7 Å². The Balaban J connectivity index is 1.84. The Bertz CT molecular complexity index is 992. The van der Waals surface area contributed by atoms with E-state index in [9.17, 15) is 9.59 Å². The van der Waals surface area contributed by atoms with E-state index in [4.69, 9.17) is 11.6 Å². The Kier molecular flexibility index (Phi) is 5.76. The summed E-state index contributed by atoms with van der Waals surface area (Å²) in [4.78, 5) is 27.2. The topological polar surface area (TPSA) is 63.1 Å². The first-order valence-electron chi connectivity index (χ1n) is 8.35. The number of halogens is 1. The molecule has 1 aromatic carbocycles. The normalized spacial score (nSPS) is 11.0. The summed E-state index contributed by atoms with van der Waals surface area (Å²) < 4.78 is 1.84. The van der Waals surface area contributed by atoms with Crippen molar-refractivity contribution in [1.29, 1.82) is 0 Å². The molecular weight excluding hydrogens is 370 g/mol. The number of pyridine rings is 1. The summed E-state index contributed by atoms with van der Waals surface area (Å²) in [7, 11) is 1.85. The van der Waals surface area contributed by atoms with Crippen LogP contribution < -0.4 is 16.1 Å². The maximum Gasteiger partial charge on any atom is 0.257 e. The average molecular weight is 390 g/mol. The maximum atomic E-state index is 12.8. The van der Waals surface area contributed by atoms with Crippen molar-refractivity contribution in [3.05, 3.63) is 67.8 Å². The molecule has 0 fully saturated rings. The van der Waals surface area contributed by atoms with Gasteiger partial charge in [-0.15, -0.1) is 11.3 Å². The quantitative estimate of drug-likeness (QED) is 0.680. The van der Waals surface area contributed by atoms with Crippen molar-refractivity contribution in [2.24, 2.45) is 7.05 Å². The largest absolute Gasteiger partial charge is 0.348 e. The minimum absolute atomic E-state index is 0.154. The minimum Gasteiger partial charge on any atom is -0.348 e. The van der Waals surface area contributed by atoms with Gasteiger partial charge in [0.1, 0.15) is 10.4 Å². The van der Waals surface area contributed by atoms with E-state index in [0.717, 1.165) is 21.8 Å². The molecule has 3 rings (SSSR count). The van der Waals surface area contributed by atoms with Gasteiger partial charge in [0, 0.05) is 36.2 Å². The van der Waals surface area contributed by atoms with Crippen LogP contribution in [0.25, 0.3) is 10.2 Å². The Labute approximate surface area is 160 Å². The molecule has 5 nitrogen and oxygen atoms in total. The molecule has 0 radical (unpaired) electrons. The smallest absolute Gasteiger partial charge is 0.257 e. The summed E-state index contributed by atoms with van der Waals surface area (Å²) in [6.07, 6.45) is 1.61. The SMILES string of the molecule is CCNCc1cc2c(=O)c(C(=O)NCc3ccc(Cl)cc3)cn(C)c2s1. The number of aromatic nitrogens is 1. The molecule has 0 spiro atoms. The number of hydrogen-bond donors (Lipinski definition) is 2. The van der Waals surface area contributed by atoms with Crippen molar-refractivity contribution in [2.75, 3.05) is 6.54 Å². The number of aryl methyl sites for hydroxylation is 1. The summed E-state index contributed by atoms with van der Waals surface area (Å²) in [5, 5.41) is 7.29. The standard InChI is InChI=1S/C19H20ClN3O2S/c1-3-21-10-14-8-15-17(24)16(11-23(2)19(15)26-14)18(25)22-9-12-4-6-13(20)7-5-12/h4-8,11,21H,3,9-10H2,1-2H3,(H,22,25). The van der Waals surface area contributed by atoms with Crippen LogP contribution in [0, 0.1) is 0 Å². The van der Waals surface area contributed by atoms with Gasteiger partial charge < -0.3 is 15.2 Å². The lowest BCUT2D eigenvalue weighted by Gasteiger charge is -2.07. The number of carbonyl (C=O) groups excluding carboxylic acids is 1. The van der Waals surface area contributed by atoms with Crippen LogP contribution in [-0.4, -0.2) is 17.0 Å². The highest BCUT2D eigenvalue weighted by Gasteiger charge is 2.16. The van der Waals surface area contributed by atoms with Crippen molar-refractivity contribution in [2.45, 2.75) is 20.0 Å². The molecule has 0 atom stereocenters. The summed E-state index contributed by atoms with van der Waals surface area (Å²) in [6.45, 7) is 3.96. The van der Waals surface area contributed by atoms with E-state index in [-0.39, 0.29) is 16.9 Å². The monoisotopic (exact) mass is 389 g/mol. The first-order valence-corrected chi connectivity index (χ1v) is 9.54. The van der Waals surface area contributed by atoms with E-state index >= 15 is 0 Å². The van der Waals surface area contributed by atoms with Gasteiger partial charge in [0.05, 0.1) is 5.39 Å². The highest BCUT2D eigenvalue weighted by molar-refractivity contribution is 7.18. The van der Waals surface area contributed by atoms with E-state index < -0.39 is 0 Å². The van der Waals surface area contributed by atoms with Gasteiger partial charge >= 0.3 is 0 Å². The van der Waals surface area contributed by atoms with E-state index in [1.807, 2.05) is 36.7 Å². The van der Waals surface area contributed by atoms with Crippen LogP contribution in [0.4, 0.5) is 0 Å². The fourth-order valence-electron chi connectivity index (χ4n) is 2.69. The predicted molar refractivity (Wildman–Crippen MR) is 107 cm³/mol. The second-order valence-corrected chi connectivity index (χ2v) is 7.56. The first kappa shape index (κ1) is 18.6. The van der Waals surface area contributed by atoms with Gasteiger partial charge in [-0.3, -0.25) is 9.59 Å². The van der Waals surface area contributed by atoms with Gasteiger partial charge in [-0.2, -0.15) is 0 Å².